The van der Waals surface area contributed by atoms with Crippen LogP contribution in [-0.2, 0) is 6.42 Å². The van der Waals surface area contributed by atoms with Gasteiger partial charge in [0.1, 0.15) is 0 Å². The molecule has 0 radical (unpaired) electrons. The molecule has 0 saturated heterocycles. The number of benzene rings is 1. The summed E-state index contributed by atoms with van der Waals surface area (Å²) in [6.45, 7) is 12.2. The van der Waals surface area contributed by atoms with Crippen molar-refractivity contribution in [1.82, 2.24) is 0 Å². The molecular formula is C30H42O. The molecule has 1 aromatic rings. The van der Waals surface area contributed by atoms with E-state index < -0.39 is 0 Å². The molecule has 2 saturated carbocycles. The van der Waals surface area contributed by atoms with Crippen LogP contribution < -0.4 is 0 Å². The van der Waals surface area contributed by atoms with Crippen LogP contribution in [0.2, 0.25) is 0 Å². The van der Waals surface area contributed by atoms with Crippen molar-refractivity contribution >= 4 is 0 Å². The van der Waals surface area contributed by atoms with Crippen LogP contribution in [0.25, 0.3) is 0 Å². The van der Waals surface area contributed by atoms with Gasteiger partial charge in [-0.05, 0) is 96.0 Å². The Morgan fingerprint density at radius 2 is 1.74 bits per heavy atom. The molecule has 0 bridgehead atoms. The molecule has 1 aromatic carbocycles. The molecule has 0 unspecified atom stereocenters. The second kappa shape index (κ2) is 7.34. The van der Waals surface area contributed by atoms with Gasteiger partial charge in [0, 0.05) is 0 Å². The highest BCUT2D eigenvalue weighted by atomic mass is 16.3. The van der Waals surface area contributed by atoms with Gasteiger partial charge in [0.15, 0.2) is 0 Å². The maximum atomic E-state index is 10.7. The lowest BCUT2D eigenvalue weighted by atomic mass is 9.46. The topological polar surface area (TPSA) is 20.2 Å². The van der Waals surface area contributed by atoms with Crippen LogP contribution >= 0.6 is 0 Å². The first-order chi connectivity index (χ1) is 14.7. The molecule has 1 heteroatoms. The van der Waals surface area contributed by atoms with Crippen molar-refractivity contribution in [3.05, 3.63) is 59.2 Å². The first kappa shape index (κ1) is 21.5. The lowest BCUT2D eigenvalue weighted by Crippen LogP contribution is -2.54. The van der Waals surface area contributed by atoms with E-state index in [-0.39, 0.29) is 11.5 Å². The first-order valence-electron chi connectivity index (χ1n) is 12.8. The van der Waals surface area contributed by atoms with Crippen LogP contribution in [0, 0.1) is 39.9 Å². The number of fused-ring (bicyclic) bond motifs is 4. The molecule has 0 aliphatic heterocycles. The third-order valence-corrected chi connectivity index (χ3v) is 10.6. The van der Waals surface area contributed by atoms with Crippen molar-refractivity contribution in [1.29, 1.82) is 0 Å². The minimum Gasteiger partial charge on any atom is -0.393 e. The van der Waals surface area contributed by atoms with Gasteiger partial charge in [-0.15, -0.1) is 0 Å². The Kier molecular flexibility index (Phi) is 5.09. The molecule has 1 nitrogen and oxygen atoms in total. The van der Waals surface area contributed by atoms with Gasteiger partial charge in [0.2, 0.25) is 0 Å². The molecule has 7 atom stereocenters. The standard InChI is InChI=1S/C30H42O/c1-20(19-21-9-7-6-8-10-21)23-12-13-24-22-11-14-26-28(2,3)27(31)16-18-30(26,5)25(22)15-17-29(23,24)4/h6-11,14,20,23,25-27,31H,12-13,15-19H2,1-5H3/t20-,23-,25+,26+,27+,29-,30-/m1/s1. The molecule has 0 heterocycles. The van der Waals surface area contributed by atoms with E-state index in [1.54, 1.807) is 11.1 Å². The molecule has 5 rings (SSSR count). The van der Waals surface area contributed by atoms with E-state index in [1.165, 1.54) is 44.1 Å². The summed E-state index contributed by atoms with van der Waals surface area (Å²) in [6.07, 6.45) is 13.5. The molecule has 1 N–H and O–H groups in total. The summed E-state index contributed by atoms with van der Waals surface area (Å²) < 4.78 is 0. The Balaban J connectivity index is 1.47. The molecule has 0 spiro atoms. The Hall–Kier alpha value is -1.34. The van der Waals surface area contributed by atoms with Crippen LogP contribution in [0.3, 0.4) is 0 Å². The smallest absolute Gasteiger partial charge is 0.0597 e. The van der Waals surface area contributed by atoms with Crippen molar-refractivity contribution in [2.45, 2.75) is 85.7 Å². The van der Waals surface area contributed by atoms with Crippen LogP contribution in [0.15, 0.2) is 53.6 Å². The predicted octanol–water partition coefficient (Wildman–Crippen LogP) is 7.36. The highest BCUT2D eigenvalue weighted by Gasteiger charge is 2.58. The van der Waals surface area contributed by atoms with Crippen LogP contribution in [0.4, 0.5) is 0 Å². The van der Waals surface area contributed by atoms with E-state index in [4.69, 9.17) is 0 Å². The summed E-state index contributed by atoms with van der Waals surface area (Å²) in [4.78, 5) is 0. The zero-order valence-corrected chi connectivity index (χ0v) is 20.3. The molecule has 2 fully saturated rings. The van der Waals surface area contributed by atoms with Gasteiger partial charge in [0.05, 0.1) is 6.10 Å². The van der Waals surface area contributed by atoms with E-state index in [2.05, 4.69) is 77.1 Å². The quantitative estimate of drug-likeness (QED) is 0.543. The van der Waals surface area contributed by atoms with Gasteiger partial charge in [0.25, 0.3) is 0 Å². The van der Waals surface area contributed by atoms with Gasteiger partial charge in [-0.25, -0.2) is 0 Å². The maximum Gasteiger partial charge on any atom is 0.0597 e. The fourth-order valence-electron chi connectivity index (χ4n) is 8.78. The van der Waals surface area contributed by atoms with Crippen molar-refractivity contribution in [3.63, 3.8) is 0 Å². The summed E-state index contributed by atoms with van der Waals surface area (Å²) in [5.41, 5.74) is 5.64. The summed E-state index contributed by atoms with van der Waals surface area (Å²) in [5, 5.41) is 10.7. The fourth-order valence-corrected chi connectivity index (χ4v) is 8.78. The maximum absolute atomic E-state index is 10.7. The molecule has 31 heavy (non-hydrogen) atoms. The monoisotopic (exact) mass is 418 g/mol. The molecular weight excluding hydrogens is 376 g/mol. The van der Waals surface area contributed by atoms with Gasteiger partial charge in [-0.1, -0.05) is 82.7 Å². The minimum atomic E-state index is -0.173. The summed E-state index contributed by atoms with van der Waals surface area (Å²) in [5.74, 6) is 2.68. The summed E-state index contributed by atoms with van der Waals surface area (Å²) in [6, 6.07) is 11.1. The number of aliphatic hydroxyl groups excluding tert-OH is 1. The van der Waals surface area contributed by atoms with Gasteiger partial charge in [-0.2, -0.15) is 0 Å². The number of aliphatic hydroxyl groups is 1. The Bertz CT molecular complexity index is 892. The van der Waals surface area contributed by atoms with E-state index >= 15 is 0 Å². The SMILES string of the molecule is C[C@H](Cc1ccccc1)[C@H]1CCC2=C3C=C[C@H]4C(C)(C)[C@@H](O)CC[C@]4(C)[C@H]3CC[C@@]21C. The third kappa shape index (κ3) is 3.13. The van der Waals surface area contributed by atoms with Crippen molar-refractivity contribution in [2.24, 2.45) is 39.9 Å². The van der Waals surface area contributed by atoms with E-state index in [1.807, 2.05) is 0 Å². The highest BCUT2D eigenvalue weighted by Crippen LogP contribution is 2.66. The fraction of sp³-hybridized carbons (Fsp3) is 0.667. The van der Waals surface area contributed by atoms with Crippen LogP contribution in [0.1, 0.15) is 78.7 Å². The van der Waals surface area contributed by atoms with Crippen LogP contribution in [0.5, 0.6) is 0 Å². The zero-order valence-electron chi connectivity index (χ0n) is 20.3. The molecule has 4 aliphatic carbocycles. The normalized spacial score (nSPS) is 42.0. The van der Waals surface area contributed by atoms with Crippen molar-refractivity contribution in [2.75, 3.05) is 0 Å². The average molecular weight is 419 g/mol. The van der Waals surface area contributed by atoms with Crippen LogP contribution in [-0.4, -0.2) is 11.2 Å². The van der Waals surface area contributed by atoms with Gasteiger partial charge < -0.3 is 5.11 Å². The highest BCUT2D eigenvalue weighted by molar-refractivity contribution is 5.42. The molecule has 0 aromatic heterocycles. The van der Waals surface area contributed by atoms with E-state index in [0.717, 1.165) is 18.3 Å². The molecule has 168 valence electrons. The minimum absolute atomic E-state index is 0.0249. The first-order valence-corrected chi connectivity index (χ1v) is 12.8. The Morgan fingerprint density at radius 1 is 1.00 bits per heavy atom. The molecule has 4 aliphatic rings. The summed E-state index contributed by atoms with van der Waals surface area (Å²) in [7, 11) is 0. The van der Waals surface area contributed by atoms with E-state index in [0.29, 0.717) is 22.7 Å². The second-order valence-electron chi connectivity index (χ2n) is 12.5. The average Bonchev–Trinajstić information content (AvgIpc) is 3.09. The predicted molar refractivity (Wildman–Crippen MR) is 130 cm³/mol. The Morgan fingerprint density at radius 3 is 2.48 bits per heavy atom. The van der Waals surface area contributed by atoms with Gasteiger partial charge >= 0.3 is 0 Å². The Labute approximate surface area is 190 Å². The number of rotatable bonds is 3. The number of allylic oxidation sites excluding steroid dienone is 4. The third-order valence-electron chi connectivity index (χ3n) is 10.6. The largest absolute Gasteiger partial charge is 0.393 e. The summed E-state index contributed by atoms with van der Waals surface area (Å²) >= 11 is 0. The molecule has 0 amide bonds. The van der Waals surface area contributed by atoms with Crippen molar-refractivity contribution in [3.8, 4) is 0 Å². The zero-order chi connectivity index (χ0) is 22.0. The van der Waals surface area contributed by atoms with E-state index in [9.17, 15) is 5.11 Å². The second-order valence-corrected chi connectivity index (χ2v) is 12.5. The number of hydrogen-bond acceptors (Lipinski definition) is 1. The van der Waals surface area contributed by atoms with Crippen molar-refractivity contribution < 1.29 is 5.11 Å². The lowest BCUT2D eigenvalue weighted by molar-refractivity contribution is -0.0976. The lowest BCUT2D eigenvalue weighted by Gasteiger charge is -2.59. The van der Waals surface area contributed by atoms with Gasteiger partial charge in [-0.3, -0.25) is 0 Å². The number of hydrogen-bond donors (Lipinski definition) is 1.